The number of hydrogen-bond donors (Lipinski definition) is 1. The Morgan fingerprint density at radius 2 is 1.96 bits per heavy atom. The van der Waals surface area contributed by atoms with Crippen molar-refractivity contribution in [2.75, 3.05) is 46.5 Å². The van der Waals surface area contributed by atoms with Gasteiger partial charge in [-0.05, 0) is 43.4 Å². The van der Waals surface area contributed by atoms with Crippen LogP contribution in [0, 0.1) is 5.41 Å². The van der Waals surface area contributed by atoms with Crippen molar-refractivity contribution in [2.45, 2.75) is 19.3 Å². The standard InChI is InChI=1S/C21H28N4O3/c1-27-13-14-28-18-15-25(17-5-3-2-4-6-17)23-19(18)20(26)24-11-8-21(9-12-24)7-10-22-16-21/h2-6,15,22H,7-14,16H2,1H3. The van der Waals surface area contributed by atoms with Crippen molar-refractivity contribution in [1.82, 2.24) is 20.0 Å². The van der Waals surface area contributed by atoms with Gasteiger partial charge in [-0.15, -0.1) is 0 Å². The number of nitrogens with one attached hydrogen (secondary N) is 1. The maximum Gasteiger partial charge on any atom is 0.278 e. The van der Waals surface area contributed by atoms with E-state index in [2.05, 4.69) is 10.4 Å². The van der Waals surface area contributed by atoms with Crippen LogP contribution in [0.15, 0.2) is 36.5 Å². The molecule has 0 aliphatic carbocycles. The fourth-order valence-corrected chi connectivity index (χ4v) is 4.12. The number of aromatic nitrogens is 2. The monoisotopic (exact) mass is 384 g/mol. The van der Waals surface area contributed by atoms with Crippen molar-refractivity contribution in [2.24, 2.45) is 5.41 Å². The maximum absolute atomic E-state index is 13.2. The summed E-state index contributed by atoms with van der Waals surface area (Å²) in [6, 6.07) is 9.76. The SMILES string of the molecule is COCCOc1cn(-c2ccccc2)nc1C(=O)N1CCC2(CCNC2)CC1. The first-order chi connectivity index (χ1) is 13.7. The molecule has 2 fully saturated rings. The third-order valence-corrected chi connectivity index (χ3v) is 5.89. The summed E-state index contributed by atoms with van der Waals surface area (Å²) in [6.07, 6.45) is 5.09. The zero-order valence-corrected chi connectivity index (χ0v) is 16.4. The van der Waals surface area contributed by atoms with Crippen molar-refractivity contribution >= 4 is 5.91 Å². The molecule has 1 N–H and O–H groups in total. The van der Waals surface area contributed by atoms with Gasteiger partial charge in [0.1, 0.15) is 6.61 Å². The van der Waals surface area contributed by atoms with Gasteiger partial charge in [0.15, 0.2) is 11.4 Å². The molecule has 1 spiro atoms. The molecule has 3 heterocycles. The predicted octanol–water partition coefficient (Wildman–Crippen LogP) is 2.11. The summed E-state index contributed by atoms with van der Waals surface area (Å²) < 4.78 is 12.6. The molecule has 2 aliphatic heterocycles. The third-order valence-electron chi connectivity index (χ3n) is 5.89. The van der Waals surface area contributed by atoms with E-state index < -0.39 is 0 Å². The number of ether oxygens (including phenoxy) is 2. The van der Waals surface area contributed by atoms with Crippen LogP contribution in [0.1, 0.15) is 29.8 Å². The number of hydrogen-bond acceptors (Lipinski definition) is 5. The molecule has 2 aliphatic rings. The van der Waals surface area contributed by atoms with E-state index in [1.807, 2.05) is 35.2 Å². The lowest BCUT2D eigenvalue weighted by atomic mass is 9.78. The summed E-state index contributed by atoms with van der Waals surface area (Å²) in [6.45, 7) is 4.55. The number of carbonyl (C=O) groups excluding carboxylic acids is 1. The van der Waals surface area contributed by atoms with Crippen LogP contribution in [0.25, 0.3) is 5.69 Å². The first-order valence-electron chi connectivity index (χ1n) is 9.98. The quantitative estimate of drug-likeness (QED) is 0.773. The van der Waals surface area contributed by atoms with Crippen LogP contribution in [0.3, 0.4) is 0 Å². The highest BCUT2D eigenvalue weighted by atomic mass is 16.5. The van der Waals surface area contributed by atoms with E-state index in [0.29, 0.717) is 30.1 Å². The average molecular weight is 384 g/mol. The Bertz CT molecular complexity index is 789. The van der Waals surface area contributed by atoms with E-state index >= 15 is 0 Å². The molecule has 2 aromatic rings. The molecule has 0 radical (unpaired) electrons. The molecule has 150 valence electrons. The highest BCUT2D eigenvalue weighted by molar-refractivity contribution is 5.95. The second-order valence-electron chi connectivity index (χ2n) is 7.68. The van der Waals surface area contributed by atoms with Crippen LogP contribution in [0.5, 0.6) is 5.75 Å². The zero-order valence-electron chi connectivity index (χ0n) is 16.4. The summed E-state index contributed by atoms with van der Waals surface area (Å²) in [5, 5.41) is 8.04. The maximum atomic E-state index is 13.2. The van der Waals surface area contributed by atoms with Gasteiger partial charge in [0.25, 0.3) is 5.91 Å². The van der Waals surface area contributed by atoms with Crippen LogP contribution >= 0.6 is 0 Å². The predicted molar refractivity (Wildman–Crippen MR) is 106 cm³/mol. The Morgan fingerprint density at radius 1 is 1.18 bits per heavy atom. The molecular formula is C21H28N4O3. The Labute approximate surface area is 165 Å². The molecule has 2 saturated heterocycles. The van der Waals surface area contributed by atoms with Gasteiger partial charge in [0.05, 0.1) is 18.5 Å². The van der Waals surface area contributed by atoms with Gasteiger partial charge in [-0.3, -0.25) is 4.79 Å². The van der Waals surface area contributed by atoms with E-state index in [0.717, 1.165) is 44.7 Å². The van der Waals surface area contributed by atoms with Gasteiger partial charge in [-0.1, -0.05) is 18.2 Å². The second-order valence-corrected chi connectivity index (χ2v) is 7.68. The zero-order chi connectivity index (χ0) is 19.4. The molecule has 0 unspecified atom stereocenters. The number of amides is 1. The molecule has 0 saturated carbocycles. The lowest BCUT2D eigenvalue weighted by Gasteiger charge is -2.38. The van der Waals surface area contributed by atoms with Gasteiger partial charge < -0.3 is 19.7 Å². The molecule has 28 heavy (non-hydrogen) atoms. The van der Waals surface area contributed by atoms with Crippen LogP contribution in [-0.2, 0) is 4.74 Å². The minimum Gasteiger partial charge on any atom is -0.487 e. The minimum atomic E-state index is -0.0529. The van der Waals surface area contributed by atoms with Crippen molar-refractivity contribution in [3.8, 4) is 11.4 Å². The lowest BCUT2D eigenvalue weighted by Crippen LogP contribution is -2.44. The Morgan fingerprint density at radius 3 is 2.64 bits per heavy atom. The van der Waals surface area contributed by atoms with Crippen LogP contribution in [0.2, 0.25) is 0 Å². The fourth-order valence-electron chi connectivity index (χ4n) is 4.12. The fraction of sp³-hybridized carbons (Fsp3) is 0.524. The first-order valence-corrected chi connectivity index (χ1v) is 9.98. The average Bonchev–Trinajstić information content (AvgIpc) is 3.37. The Balaban J connectivity index is 1.53. The number of nitrogens with zero attached hydrogens (tertiary/aromatic N) is 3. The molecule has 7 nitrogen and oxygen atoms in total. The number of carbonyl (C=O) groups is 1. The highest BCUT2D eigenvalue weighted by Crippen LogP contribution is 2.37. The normalized spacial score (nSPS) is 18.5. The van der Waals surface area contributed by atoms with Crippen molar-refractivity contribution in [3.05, 3.63) is 42.2 Å². The summed E-state index contributed by atoms with van der Waals surface area (Å²) in [4.78, 5) is 15.1. The van der Waals surface area contributed by atoms with Crippen LogP contribution in [0.4, 0.5) is 0 Å². The molecule has 1 aromatic carbocycles. The molecule has 0 bridgehead atoms. The molecule has 7 heteroatoms. The van der Waals surface area contributed by atoms with Gasteiger partial charge >= 0.3 is 0 Å². The Hall–Kier alpha value is -2.38. The topological polar surface area (TPSA) is 68.6 Å². The summed E-state index contributed by atoms with van der Waals surface area (Å²) in [5.41, 5.74) is 1.64. The van der Waals surface area contributed by atoms with Crippen molar-refractivity contribution < 1.29 is 14.3 Å². The lowest BCUT2D eigenvalue weighted by molar-refractivity contribution is 0.0595. The van der Waals surface area contributed by atoms with E-state index in [9.17, 15) is 4.79 Å². The number of rotatable bonds is 6. The largest absolute Gasteiger partial charge is 0.487 e. The van der Waals surface area contributed by atoms with Crippen molar-refractivity contribution in [1.29, 1.82) is 0 Å². The van der Waals surface area contributed by atoms with Gasteiger partial charge in [-0.2, -0.15) is 5.10 Å². The number of likely N-dealkylation sites (tertiary alicyclic amines) is 1. The van der Waals surface area contributed by atoms with E-state index in [1.54, 1.807) is 18.0 Å². The Kier molecular flexibility index (Phi) is 5.64. The number of para-hydroxylation sites is 1. The van der Waals surface area contributed by atoms with Gasteiger partial charge in [0, 0.05) is 26.7 Å². The molecule has 1 amide bonds. The molecular weight excluding hydrogens is 356 g/mol. The second kappa shape index (κ2) is 8.32. The number of methoxy groups -OCH3 is 1. The summed E-state index contributed by atoms with van der Waals surface area (Å²) in [5.74, 6) is 0.455. The molecule has 1 aromatic heterocycles. The first kappa shape index (κ1) is 19.0. The number of piperidine rings is 1. The van der Waals surface area contributed by atoms with Crippen molar-refractivity contribution in [3.63, 3.8) is 0 Å². The van der Waals surface area contributed by atoms with E-state index in [1.165, 1.54) is 6.42 Å². The molecule has 4 rings (SSSR count). The van der Waals surface area contributed by atoms with Crippen LogP contribution in [-0.4, -0.2) is 67.1 Å². The third kappa shape index (κ3) is 3.91. The van der Waals surface area contributed by atoms with E-state index in [4.69, 9.17) is 9.47 Å². The smallest absolute Gasteiger partial charge is 0.278 e. The van der Waals surface area contributed by atoms with Crippen LogP contribution < -0.4 is 10.1 Å². The minimum absolute atomic E-state index is 0.0529. The summed E-state index contributed by atoms with van der Waals surface area (Å²) in [7, 11) is 1.63. The van der Waals surface area contributed by atoms with Gasteiger partial charge in [-0.25, -0.2) is 4.68 Å². The summed E-state index contributed by atoms with van der Waals surface area (Å²) >= 11 is 0. The highest BCUT2D eigenvalue weighted by Gasteiger charge is 2.39. The molecule has 0 atom stereocenters. The van der Waals surface area contributed by atoms with Gasteiger partial charge in [0.2, 0.25) is 0 Å². The van der Waals surface area contributed by atoms with E-state index in [-0.39, 0.29) is 5.91 Å². The number of benzene rings is 1.